The summed E-state index contributed by atoms with van der Waals surface area (Å²) in [7, 11) is 2.96. The first-order chi connectivity index (χ1) is 54.6. The van der Waals surface area contributed by atoms with Crippen LogP contribution in [0.25, 0.3) is 0 Å². The number of rotatable bonds is 35. The molecule has 0 bridgehead atoms. The monoisotopic (exact) mass is 1650 g/mol. The normalized spacial score (nSPS) is 28.5. The van der Waals surface area contributed by atoms with Crippen LogP contribution in [-0.4, -0.2) is 333 Å². The summed E-state index contributed by atoms with van der Waals surface area (Å²) in [5, 5.41) is 36.1. The lowest BCUT2D eigenvalue weighted by Crippen LogP contribution is -2.70. The second-order valence-electron chi connectivity index (χ2n) is 28.7. The number of carbonyl (C=O) groups is 18. The molecule has 24 atom stereocenters. The van der Waals surface area contributed by atoms with Gasteiger partial charge in [-0.2, -0.15) is 0 Å². The fourth-order valence-corrected chi connectivity index (χ4v) is 14.3. The van der Waals surface area contributed by atoms with Crippen LogP contribution in [0.2, 0.25) is 0 Å². The van der Waals surface area contributed by atoms with Crippen LogP contribution >= 0.6 is 0 Å². The van der Waals surface area contributed by atoms with Gasteiger partial charge < -0.3 is 129 Å². The van der Waals surface area contributed by atoms with Crippen molar-refractivity contribution in [1.82, 2.24) is 62.6 Å². The molecule has 6 aliphatic heterocycles. The number of likely N-dealkylation sites (tertiary alicyclic amines) is 3. The second kappa shape index (κ2) is 43.9. The van der Waals surface area contributed by atoms with Gasteiger partial charge in [-0.15, -0.1) is 0 Å². The number of aliphatic hydroxyl groups excluding tert-OH is 1. The zero-order valence-electron chi connectivity index (χ0n) is 67.7. The highest BCUT2D eigenvalue weighted by atomic mass is 16.8. The lowest BCUT2D eigenvalue weighted by molar-refractivity contribution is -0.353. The molecule has 0 spiro atoms. The van der Waals surface area contributed by atoms with Crippen LogP contribution in [0.3, 0.4) is 0 Å². The highest BCUT2D eigenvalue weighted by Crippen LogP contribution is 2.36. The lowest BCUT2D eigenvalue weighted by Gasteiger charge is -2.49. The Morgan fingerprint density at radius 1 is 0.457 bits per heavy atom. The van der Waals surface area contributed by atoms with Crippen molar-refractivity contribution in [2.24, 2.45) is 0 Å². The number of esters is 7. The van der Waals surface area contributed by atoms with Crippen molar-refractivity contribution in [3.63, 3.8) is 0 Å². The molecule has 6 aliphatic rings. The molecule has 6 fully saturated rings. The number of hydrogen-bond donors (Lipinski definition) is 10. The first-order valence-electron chi connectivity index (χ1n) is 38.1. The number of aliphatic hydroxyl groups is 1. The minimum Gasteiger partial charge on any atom is -0.463 e. The van der Waals surface area contributed by atoms with E-state index in [0.29, 0.717) is 12.8 Å². The number of ether oxygens (including phenoxy) is 13. The summed E-state index contributed by atoms with van der Waals surface area (Å²) in [5.41, 5.74) is 0. The third-order valence-electron chi connectivity index (χ3n) is 19.7. The molecule has 15 unspecified atom stereocenters. The van der Waals surface area contributed by atoms with Gasteiger partial charge >= 0.3 is 41.8 Å². The van der Waals surface area contributed by atoms with Crippen molar-refractivity contribution in [2.45, 2.75) is 288 Å². The number of likely N-dealkylation sites (N-methyl/N-ethyl adjacent to an activating group) is 2. The highest BCUT2D eigenvalue weighted by molar-refractivity contribution is 5.98. The molecule has 0 aromatic carbocycles. The predicted molar refractivity (Wildman–Crippen MR) is 389 cm³/mol. The molecular weight excluding hydrogens is 1540 g/mol. The molecule has 650 valence electrons. The Kier molecular flexibility index (Phi) is 36.0. The standard InChI is InChI=1S/C72H110N12O32/c1-17-44(80-51(94)27-75-64(98)45-21-18-24-82(45)67(101)32(3)73-15)63(97)81-52(66(100)77-33(4)68(102)84-26-20-23-47(84)69(103)83-25-19-22-46(83)65(99)76-31(2)62(96)74-16)34(5)107-71-53(78-35(6)85)58(116-72-61(112-43(14)93)60(111-42(13)92)57(109-40(11)90)50(115-72)30-105-38(9)88)55(95)48(113-71)28-106-70-54(79-36(7)86)59(110-41(12)91)56(108-39(10)89)49(114-70)29-104-37(8)87/h31-34,44-50,52-61,70-73,95H,17-30H2,1-16H3,(H,74,96)(H,75,98)(H,76,99)(H,77,100)(H,78,85)(H,79,86)(H,80,94)(H,81,97)/t31?,32?,33?,34?,44?,45?,46?,47?,48?,49?,50?,52?,53-,54-,55-,56+,57-,58?,59?,60?,61-,70+,71-,72-/m0/s1. The van der Waals surface area contributed by atoms with Gasteiger partial charge in [0, 0.05) is 89.0 Å². The summed E-state index contributed by atoms with van der Waals surface area (Å²) in [4.78, 5) is 246. The second-order valence-corrected chi connectivity index (χ2v) is 28.7. The van der Waals surface area contributed by atoms with E-state index in [4.69, 9.17) is 61.6 Å². The summed E-state index contributed by atoms with van der Waals surface area (Å²) in [5.74, 6) is -15.5. The molecular formula is C72H110N12O32. The maximum absolute atomic E-state index is 15.4. The number of hydrogen-bond acceptors (Lipinski definition) is 33. The Morgan fingerprint density at radius 2 is 0.922 bits per heavy atom. The third kappa shape index (κ3) is 26.1. The Bertz CT molecular complexity index is 3590. The van der Waals surface area contributed by atoms with Crippen molar-refractivity contribution in [1.29, 1.82) is 0 Å². The van der Waals surface area contributed by atoms with Crippen LogP contribution in [0.15, 0.2) is 0 Å². The maximum Gasteiger partial charge on any atom is 0.303 e. The van der Waals surface area contributed by atoms with Gasteiger partial charge in [0.25, 0.3) is 0 Å². The summed E-state index contributed by atoms with van der Waals surface area (Å²) in [6.45, 7) is 12.9. The molecule has 6 heterocycles. The number of nitrogens with zero attached hydrogens (tertiary/aromatic N) is 3. The van der Waals surface area contributed by atoms with E-state index in [1.165, 1.54) is 49.4 Å². The zero-order valence-corrected chi connectivity index (χ0v) is 67.7. The van der Waals surface area contributed by atoms with Gasteiger partial charge in [0.1, 0.15) is 98.1 Å². The van der Waals surface area contributed by atoms with Gasteiger partial charge in [-0.25, -0.2) is 0 Å². The van der Waals surface area contributed by atoms with Crippen molar-refractivity contribution < 1.29 is 153 Å². The molecule has 0 saturated carbocycles. The van der Waals surface area contributed by atoms with Gasteiger partial charge in [0.15, 0.2) is 49.4 Å². The van der Waals surface area contributed by atoms with Crippen molar-refractivity contribution >= 4 is 107 Å². The molecule has 0 aromatic rings. The SMILES string of the molecule is CCC(NC(=O)CNC(=O)C1CCCN1C(=O)C(C)NC)C(=O)NC(C(=O)NC(C)C(=O)N1CCCC1C(=O)N1CCCC1C(=O)NC(C)C(=O)NC)C(C)O[C@H]1OC(CO[C@@H]2OC(COC(C)=O)[C@@H](OC(C)=O)C(OC(C)=O)[C@@H]2NC(C)=O)[C@H](O)C(O[C@@H]2OC(COC(C)=O)[C@H](OC(C)=O)C(OC(C)=O)[C@@H]2OC(C)=O)[C@@H]1NC(C)=O. The van der Waals surface area contributed by atoms with Crippen molar-refractivity contribution in [2.75, 3.05) is 60.1 Å². The molecule has 116 heavy (non-hydrogen) atoms. The Labute approximate surface area is 668 Å². The largest absolute Gasteiger partial charge is 0.463 e. The maximum atomic E-state index is 15.4. The molecule has 0 radical (unpaired) electrons. The van der Waals surface area contributed by atoms with E-state index in [0.717, 1.165) is 62.3 Å². The third-order valence-corrected chi connectivity index (χ3v) is 19.7. The van der Waals surface area contributed by atoms with Crippen LogP contribution < -0.4 is 47.9 Å². The van der Waals surface area contributed by atoms with E-state index < -0.39 is 274 Å². The Morgan fingerprint density at radius 3 is 1.44 bits per heavy atom. The van der Waals surface area contributed by atoms with Crippen molar-refractivity contribution in [3.05, 3.63) is 0 Å². The molecule has 44 heteroatoms. The van der Waals surface area contributed by atoms with E-state index >= 15 is 4.79 Å². The minimum atomic E-state index is -2.26. The van der Waals surface area contributed by atoms with Crippen molar-refractivity contribution in [3.8, 4) is 0 Å². The first-order valence-corrected chi connectivity index (χ1v) is 38.1. The van der Waals surface area contributed by atoms with E-state index in [1.807, 2.05) is 0 Å². The van der Waals surface area contributed by atoms with Crippen LogP contribution in [0.1, 0.15) is 142 Å². The fraction of sp³-hybridized carbons (Fsp3) is 0.750. The van der Waals surface area contributed by atoms with Crippen LogP contribution in [0.4, 0.5) is 0 Å². The molecule has 6 saturated heterocycles. The quantitative estimate of drug-likeness (QED) is 0.0209. The number of nitrogens with one attached hydrogen (secondary N) is 9. The summed E-state index contributed by atoms with van der Waals surface area (Å²) in [6, 6.07) is -13.6. The molecule has 11 amide bonds. The van der Waals surface area contributed by atoms with Gasteiger partial charge in [-0.3, -0.25) is 86.3 Å². The number of carbonyl (C=O) groups excluding carboxylic acids is 18. The van der Waals surface area contributed by atoms with E-state index in [-0.39, 0.29) is 57.6 Å². The van der Waals surface area contributed by atoms with Crippen LogP contribution in [-0.2, 0) is 148 Å². The molecule has 44 nitrogen and oxygen atoms in total. The lowest BCUT2D eigenvalue weighted by atomic mass is 9.94. The zero-order chi connectivity index (χ0) is 86.4. The average molecular weight is 1660 g/mol. The molecule has 6 rings (SSSR count). The minimum absolute atomic E-state index is 0.0171. The van der Waals surface area contributed by atoms with Crippen LogP contribution in [0, 0.1) is 0 Å². The first kappa shape index (κ1) is 95.0. The Balaban J connectivity index is 1.46. The smallest absolute Gasteiger partial charge is 0.303 e. The van der Waals surface area contributed by atoms with E-state index in [2.05, 4.69) is 47.9 Å². The summed E-state index contributed by atoms with van der Waals surface area (Å²) >= 11 is 0. The topological polar surface area (TPSA) is 565 Å². The molecule has 10 N–H and O–H groups in total. The highest BCUT2D eigenvalue weighted by Gasteiger charge is 2.58. The molecule has 0 aliphatic carbocycles. The predicted octanol–water partition coefficient (Wildman–Crippen LogP) is -6.04. The molecule has 0 aromatic heterocycles. The van der Waals surface area contributed by atoms with Gasteiger partial charge in [-0.1, -0.05) is 6.92 Å². The van der Waals surface area contributed by atoms with Gasteiger partial charge in [0.05, 0.1) is 25.3 Å². The fourth-order valence-electron chi connectivity index (χ4n) is 14.3. The van der Waals surface area contributed by atoms with Crippen LogP contribution in [0.5, 0.6) is 0 Å². The van der Waals surface area contributed by atoms with Gasteiger partial charge in [-0.05, 0) is 79.7 Å². The number of amides is 11. The average Bonchev–Trinajstić information content (AvgIpc) is 1.05. The summed E-state index contributed by atoms with van der Waals surface area (Å²) in [6.07, 6.45) is -25.3. The van der Waals surface area contributed by atoms with E-state index in [1.54, 1.807) is 14.0 Å². The van der Waals surface area contributed by atoms with E-state index in [9.17, 15) is 86.6 Å². The Hall–Kier alpha value is -9.86. The summed E-state index contributed by atoms with van der Waals surface area (Å²) < 4.78 is 77.2. The van der Waals surface area contributed by atoms with Gasteiger partial charge in [0.2, 0.25) is 65.0 Å².